The van der Waals surface area contributed by atoms with Crippen molar-refractivity contribution < 1.29 is 13.5 Å². The Morgan fingerprint density at radius 3 is 2.70 bits per heavy atom. The summed E-state index contributed by atoms with van der Waals surface area (Å²) in [5.74, 6) is -0.507. The normalized spacial score (nSPS) is 11.8. The molecule has 0 fully saturated rings. The first-order valence-corrected chi connectivity index (χ1v) is 9.40. The summed E-state index contributed by atoms with van der Waals surface area (Å²) in [5.41, 5.74) is 0.910. The van der Waals surface area contributed by atoms with Crippen LogP contribution in [0.4, 0.5) is 5.69 Å². The van der Waals surface area contributed by atoms with E-state index in [4.69, 9.17) is 23.2 Å². The molecule has 120 valence electrons. The molecule has 9 heteroatoms. The average molecular weight is 389 g/mol. The maximum atomic E-state index is 12.5. The summed E-state index contributed by atoms with van der Waals surface area (Å²) in [6.45, 7) is 1.85. The molecule has 0 saturated carbocycles. The molecule has 5 nitrogen and oxygen atoms in total. The Bertz CT molecular complexity index is 1020. The second-order valence-electron chi connectivity index (χ2n) is 4.72. The van der Waals surface area contributed by atoms with Gasteiger partial charge in [-0.15, -0.1) is 11.3 Å². The fourth-order valence-corrected chi connectivity index (χ4v) is 4.58. The summed E-state index contributed by atoms with van der Waals surface area (Å²) in [7, 11) is -4.04. The van der Waals surface area contributed by atoms with Crippen molar-refractivity contribution in [2.75, 3.05) is 4.72 Å². The molecule has 0 unspecified atom stereocenters. The summed E-state index contributed by atoms with van der Waals surface area (Å²) in [6, 6.07) is 7.30. The van der Waals surface area contributed by atoms with Gasteiger partial charge in [0.15, 0.2) is 5.75 Å². The Kier molecular flexibility index (Phi) is 4.14. The van der Waals surface area contributed by atoms with E-state index in [1.165, 1.54) is 29.5 Å². The number of benzene rings is 2. The molecule has 0 saturated heterocycles. The number of phenols is 1. The number of phenolic OH excluding ortho intramolecular Hbond substituents is 1. The minimum Gasteiger partial charge on any atom is -0.505 e. The lowest BCUT2D eigenvalue weighted by atomic mass is 10.3. The van der Waals surface area contributed by atoms with Crippen LogP contribution in [0.3, 0.4) is 0 Å². The highest BCUT2D eigenvalue weighted by molar-refractivity contribution is 7.92. The number of para-hydroxylation sites is 1. The Labute approximate surface area is 146 Å². The van der Waals surface area contributed by atoms with E-state index in [-0.39, 0.29) is 20.6 Å². The number of hydrogen-bond acceptors (Lipinski definition) is 5. The second-order valence-corrected chi connectivity index (χ2v) is 8.42. The van der Waals surface area contributed by atoms with Gasteiger partial charge < -0.3 is 5.11 Å². The van der Waals surface area contributed by atoms with E-state index in [0.717, 1.165) is 9.71 Å². The van der Waals surface area contributed by atoms with Crippen molar-refractivity contribution in [1.29, 1.82) is 0 Å². The Morgan fingerprint density at radius 1 is 1.22 bits per heavy atom. The molecule has 0 aliphatic rings. The molecule has 0 aliphatic heterocycles. The highest BCUT2D eigenvalue weighted by atomic mass is 35.5. The monoisotopic (exact) mass is 388 g/mol. The molecule has 2 aromatic carbocycles. The van der Waals surface area contributed by atoms with Gasteiger partial charge in [-0.1, -0.05) is 29.3 Å². The number of aromatic hydroxyl groups is 1. The molecule has 0 radical (unpaired) electrons. The van der Waals surface area contributed by atoms with Crippen molar-refractivity contribution in [2.24, 2.45) is 0 Å². The van der Waals surface area contributed by atoms with Gasteiger partial charge in [-0.3, -0.25) is 4.72 Å². The minimum absolute atomic E-state index is 0.0486. The number of thiazole rings is 1. The predicted octanol–water partition coefficient (Wildman–Crippen LogP) is 4.42. The third-order valence-electron chi connectivity index (χ3n) is 3.07. The molecule has 3 rings (SSSR count). The van der Waals surface area contributed by atoms with Crippen LogP contribution in [0.1, 0.15) is 5.01 Å². The van der Waals surface area contributed by atoms with Gasteiger partial charge in [0.25, 0.3) is 10.0 Å². The molecule has 23 heavy (non-hydrogen) atoms. The Balaban J connectivity index is 2.06. The van der Waals surface area contributed by atoms with Gasteiger partial charge >= 0.3 is 0 Å². The molecule has 0 spiro atoms. The molecule has 1 heterocycles. The minimum atomic E-state index is -4.04. The van der Waals surface area contributed by atoms with Crippen LogP contribution in [0, 0.1) is 6.92 Å². The topological polar surface area (TPSA) is 79.3 Å². The van der Waals surface area contributed by atoms with Crippen LogP contribution < -0.4 is 4.72 Å². The van der Waals surface area contributed by atoms with Crippen LogP contribution in [-0.2, 0) is 10.0 Å². The summed E-state index contributed by atoms with van der Waals surface area (Å²) >= 11 is 13.3. The molecule has 1 aromatic heterocycles. The quantitative estimate of drug-likeness (QED) is 0.695. The van der Waals surface area contributed by atoms with Crippen LogP contribution in [0.25, 0.3) is 10.2 Å². The van der Waals surface area contributed by atoms with Crippen molar-refractivity contribution >= 4 is 60.5 Å². The number of anilines is 1. The first kappa shape index (κ1) is 16.3. The fourth-order valence-electron chi connectivity index (χ4n) is 2.05. The van der Waals surface area contributed by atoms with Crippen molar-refractivity contribution in [3.63, 3.8) is 0 Å². The number of rotatable bonds is 3. The number of nitrogens with zero attached hydrogens (tertiary/aromatic N) is 1. The van der Waals surface area contributed by atoms with Gasteiger partial charge in [-0.2, -0.15) is 0 Å². The van der Waals surface area contributed by atoms with E-state index in [1.807, 2.05) is 6.92 Å². The maximum Gasteiger partial charge on any atom is 0.265 e. The van der Waals surface area contributed by atoms with Crippen LogP contribution in [0.5, 0.6) is 5.75 Å². The molecular formula is C14H10Cl2N2O3S2. The maximum absolute atomic E-state index is 12.5. The smallest absolute Gasteiger partial charge is 0.265 e. The van der Waals surface area contributed by atoms with Gasteiger partial charge in [0.1, 0.15) is 4.90 Å². The molecule has 0 atom stereocenters. The number of fused-ring (bicyclic) bond motifs is 1. The summed E-state index contributed by atoms with van der Waals surface area (Å²) in [6.07, 6.45) is 0. The van der Waals surface area contributed by atoms with Gasteiger partial charge in [0, 0.05) is 0 Å². The zero-order valence-corrected chi connectivity index (χ0v) is 14.8. The van der Waals surface area contributed by atoms with Crippen molar-refractivity contribution in [3.05, 3.63) is 45.4 Å². The largest absolute Gasteiger partial charge is 0.505 e. The Hall–Kier alpha value is -1.54. The lowest BCUT2D eigenvalue weighted by Crippen LogP contribution is -2.13. The van der Waals surface area contributed by atoms with Crippen LogP contribution in [0.2, 0.25) is 10.0 Å². The number of aryl methyl sites for hydroxylation is 1. The highest BCUT2D eigenvalue weighted by Gasteiger charge is 2.22. The van der Waals surface area contributed by atoms with Gasteiger partial charge in [-0.25, -0.2) is 13.4 Å². The van der Waals surface area contributed by atoms with Gasteiger partial charge in [0.05, 0.1) is 31.0 Å². The number of halogens is 2. The SMILES string of the molecule is Cc1nc2cc(Cl)c(NS(=O)(=O)c3cccc(Cl)c3O)cc2s1. The molecule has 0 aliphatic carbocycles. The van der Waals surface area contributed by atoms with E-state index >= 15 is 0 Å². The number of nitrogens with one attached hydrogen (secondary N) is 1. The zero-order chi connectivity index (χ0) is 16.8. The zero-order valence-electron chi connectivity index (χ0n) is 11.7. The predicted molar refractivity (Wildman–Crippen MR) is 93.3 cm³/mol. The summed E-state index contributed by atoms with van der Waals surface area (Å²) < 4.78 is 28.1. The first-order chi connectivity index (χ1) is 10.8. The summed E-state index contributed by atoms with van der Waals surface area (Å²) in [5, 5.41) is 10.9. The van der Waals surface area contributed by atoms with Crippen molar-refractivity contribution in [1.82, 2.24) is 4.98 Å². The van der Waals surface area contributed by atoms with Crippen molar-refractivity contribution in [2.45, 2.75) is 11.8 Å². The number of aromatic nitrogens is 1. The molecule has 0 amide bonds. The molecule has 2 N–H and O–H groups in total. The molecular weight excluding hydrogens is 379 g/mol. The lowest BCUT2D eigenvalue weighted by molar-refractivity contribution is 0.459. The van der Waals surface area contributed by atoms with Crippen molar-refractivity contribution in [3.8, 4) is 5.75 Å². The van der Waals surface area contributed by atoms with E-state index in [0.29, 0.717) is 5.52 Å². The van der Waals surface area contributed by atoms with E-state index in [2.05, 4.69) is 9.71 Å². The van der Waals surface area contributed by atoms with Crippen LogP contribution in [-0.4, -0.2) is 18.5 Å². The van der Waals surface area contributed by atoms with E-state index in [1.54, 1.807) is 12.1 Å². The average Bonchev–Trinajstić information content (AvgIpc) is 2.81. The molecule has 3 aromatic rings. The Morgan fingerprint density at radius 2 is 1.96 bits per heavy atom. The third kappa shape index (κ3) is 3.10. The fraction of sp³-hybridized carbons (Fsp3) is 0.0714. The molecule has 0 bridgehead atoms. The van der Waals surface area contributed by atoms with Gasteiger partial charge in [-0.05, 0) is 31.2 Å². The lowest BCUT2D eigenvalue weighted by Gasteiger charge is -2.11. The second kappa shape index (κ2) is 5.83. The van der Waals surface area contributed by atoms with E-state index in [9.17, 15) is 13.5 Å². The number of sulfonamides is 1. The first-order valence-electron chi connectivity index (χ1n) is 6.35. The van der Waals surface area contributed by atoms with Crippen LogP contribution >= 0.6 is 34.5 Å². The third-order valence-corrected chi connectivity index (χ3v) is 6.02. The van der Waals surface area contributed by atoms with E-state index < -0.39 is 15.8 Å². The standard InChI is InChI=1S/C14H10Cl2N2O3S2/c1-7-17-11-5-9(16)10(6-12(11)22-7)18-23(20,21)13-4-2-3-8(15)14(13)19/h2-6,18-19H,1H3. The summed E-state index contributed by atoms with van der Waals surface area (Å²) in [4.78, 5) is 3.98. The highest BCUT2D eigenvalue weighted by Crippen LogP contribution is 2.35. The number of hydrogen-bond donors (Lipinski definition) is 2. The van der Waals surface area contributed by atoms with Crippen LogP contribution in [0.15, 0.2) is 35.2 Å². The van der Waals surface area contributed by atoms with Gasteiger partial charge in [0.2, 0.25) is 0 Å².